The Morgan fingerprint density at radius 3 is 1.67 bits per heavy atom. The van der Waals surface area contributed by atoms with Gasteiger partial charge in [0.2, 0.25) is 5.91 Å². The molecule has 1 fully saturated rings. The molecule has 1 saturated heterocycles. The first-order valence-corrected chi connectivity index (χ1v) is 14.8. The van der Waals surface area contributed by atoms with Gasteiger partial charge in [-0.25, -0.2) is 0 Å². The molecule has 1 aliphatic heterocycles. The van der Waals surface area contributed by atoms with Crippen molar-refractivity contribution in [2.45, 2.75) is 98.0 Å². The Balaban J connectivity index is 3.16. The van der Waals surface area contributed by atoms with E-state index in [1.807, 2.05) is 20.8 Å². The zero-order valence-electron chi connectivity index (χ0n) is 23.6. The van der Waals surface area contributed by atoms with E-state index in [0.29, 0.717) is 32.3 Å². The maximum absolute atomic E-state index is 12.9. The van der Waals surface area contributed by atoms with Crippen molar-refractivity contribution in [2.24, 2.45) is 0 Å². The van der Waals surface area contributed by atoms with E-state index in [0.717, 1.165) is 20.8 Å². The summed E-state index contributed by atoms with van der Waals surface area (Å²) in [5.41, 5.74) is 0. The van der Waals surface area contributed by atoms with Gasteiger partial charge in [0.1, 0.15) is 12.7 Å². The number of carbonyl (C=O) groups excluding carboxylic acids is 5. The van der Waals surface area contributed by atoms with E-state index in [1.165, 1.54) is 6.92 Å². The molecule has 2 unspecified atom stereocenters. The van der Waals surface area contributed by atoms with Crippen molar-refractivity contribution in [2.75, 3.05) is 26.4 Å². The van der Waals surface area contributed by atoms with Gasteiger partial charge in [-0.1, -0.05) is 0 Å². The maximum Gasteiger partial charge on any atom is 0.500 e. The summed E-state index contributed by atoms with van der Waals surface area (Å²) in [7, 11) is -2.97. The fraction of sp³-hybridized carbons (Fsp3) is 0.792. The van der Waals surface area contributed by atoms with Crippen molar-refractivity contribution < 1.29 is 60.9 Å². The van der Waals surface area contributed by atoms with Crippen LogP contribution in [0.3, 0.4) is 0 Å². The minimum absolute atomic E-state index is 0.00877. The first-order valence-electron chi connectivity index (χ1n) is 12.9. The SMILES string of the molecule is CCO[Si](CCCC(=O)N[C@@H]1OC(COC(C)=O)[C@@H](OC(C)=O)[C@H](OC(C)=O)C1OC(C)=O)(OCC)OCC. The van der Waals surface area contributed by atoms with E-state index in [-0.39, 0.29) is 6.42 Å². The van der Waals surface area contributed by atoms with Crippen LogP contribution in [0.1, 0.15) is 61.3 Å². The van der Waals surface area contributed by atoms with Crippen LogP contribution in [0, 0.1) is 0 Å². The van der Waals surface area contributed by atoms with Gasteiger partial charge >= 0.3 is 32.7 Å². The molecule has 0 bridgehead atoms. The lowest BCUT2D eigenvalue weighted by molar-refractivity contribution is -0.257. The van der Waals surface area contributed by atoms with Crippen molar-refractivity contribution in [3.05, 3.63) is 0 Å². The average molecular weight is 580 g/mol. The van der Waals surface area contributed by atoms with E-state index in [2.05, 4.69) is 5.32 Å². The number of carbonyl (C=O) groups is 5. The molecule has 0 radical (unpaired) electrons. The standard InChI is InChI=1S/C24H41NO13Si/c1-8-32-39(33-9-2,34-10-3)13-11-12-20(30)25-24-23(37-18(7)29)22(36-17(6)28)21(35-16(5)27)19(38-24)14-31-15(4)26/h19,21-24H,8-14H2,1-7H3,(H,25,30)/t19?,21-,22+,23?,24-/m1/s1. The van der Waals surface area contributed by atoms with Crippen molar-refractivity contribution in [3.8, 4) is 0 Å². The lowest BCUT2D eigenvalue weighted by atomic mass is 9.97. The molecule has 14 nitrogen and oxygen atoms in total. The average Bonchev–Trinajstić information content (AvgIpc) is 2.81. The number of hydrogen-bond acceptors (Lipinski definition) is 13. The topological polar surface area (TPSA) is 171 Å². The van der Waals surface area contributed by atoms with Gasteiger partial charge in [-0.05, 0) is 27.2 Å². The molecule has 1 heterocycles. The van der Waals surface area contributed by atoms with Crippen molar-refractivity contribution in [1.29, 1.82) is 0 Å². The van der Waals surface area contributed by atoms with Gasteiger partial charge in [0.05, 0.1) is 0 Å². The molecular weight excluding hydrogens is 538 g/mol. The van der Waals surface area contributed by atoms with Crippen LogP contribution >= 0.6 is 0 Å². The normalized spacial score (nSPS) is 22.9. The molecule has 0 aliphatic carbocycles. The minimum Gasteiger partial charge on any atom is -0.463 e. The molecule has 1 aliphatic rings. The van der Waals surface area contributed by atoms with E-state index in [9.17, 15) is 24.0 Å². The summed E-state index contributed by atoms with van der Waals surface area (Å²) in [4.78, 5) is 60.1. The quantitative estimate of drug-likeness (QED) is 0.156. The Labute approximate surface area is 229 Å². The van der Waals surface area contributed by atoms with E-state index >= 15 is 0 Å². The molecule has 5 atom stereocenters. The van der Waals surface area contributed by atoms with Crippen LogP contribution in [0.5, 0.6) is 0 Å². The molecule has 1 amide bonds. The third-order valence-corrected chi connectivity index (χ3v) is 8.43. The Bertz CT molecular complexity index is 822. The highest BCUT2D eigenvalue weighted by Gasteiger charge is 2.52. The van der Waals surface area contributed by atoms with Gasteiger partial charge in [0.15, 0.2) is 24.5 Å². The summed E-state index contributed by atoms with van der Waals surface area (Å²) in [6.45, 7) is 10.8. The van der Waals surface area contributed by atoms with Crippen LogP contribution in [0.2, 0.25) is 6.04 Å². The van der Waals surface area contributed by atoms with E-state index in [1.54, 1.807) is 0 Å². The fourth-order valence-corrected chi connectivity index (χ4v) is 6.65. The van der Waals surface area contributed by atoms with E-state index in [4.69, 9.17) is 37.0 Å². The predicted molar refractivity (Wildman–Crippen MR) is 135 cm³/mol. The lowest BCUT2D eigenvalue weighted by Gasteiger charge is -2.44. The number of hydrogen-bond donors (Lipinski definition) is 1. The zero-order valence-corrected chi connectivity index (χ0v) is 24.6. The molecule has 224 valence electrons. The highest BCUT2D eigenvalue weighted by molar-refractivity contribution is 6.60. The summed E-state index contributed by atoms with van der Waals surface area (Å²) in [5.74, 6) is -3.40. The van der Waals surface area contributed by atoms with Crippen LogP contribution in [0.25, 0.3) is 0 Å². The number of rotatable bonds is 16. The second-order valence-electron chi connectivity index (χ2n) is 8.52. The third kappa shape index (κ3) is 12.0. The molecule has 15 heteroatoms. The smallest absolute Gasteiger partial charge is 0.463 e. The highest BCUT2D eigenvalue weighted by Crippen LogP contribution is 2.29. The van der Waals surface area contributed by atoms with Crippen molar-refractivity contribution in [3.63, 3.8) is 0 Å². The number of esters is 4. The van der Waals surface area contributed by atoms with Gasteiger partial charge in [0.25, 0.3) is 0 Å². The zero-order chi connectivity index (χ0) is 29.6. The summed E-state index contributed by atoms with van der Waals surface area (Å²) in [6.07, 6.45) is -6.18. The van der Waals surface area contributed by atoms with E-state index < -0.39 is 75.8 Å². The molecule has 39 heavy (non-hydrogen) atoms. The second-order valence-corrected chi connectivity index (χ2v) is 11.3. The van der Waals surface area contributed by atoms with Crippen LogP contribution in [0.15, 0.2) is 0 Å². The van der Waals surface area contributed by atoms with Gasteiger partial charge in [-0.15, -0.1) is 0 Å². The van der Waals surface area contributed by atoms with Gasteiger partial charge < -0.3 is 42.3 Å². The summed E-state index contributed by atoms with van der Waals surface area (Å²) < 4.78 is 44.4. The van der Waals surface area contributed by atoms with Crippen LogP contribution in [-0.4, -0.2) is 95.7 Å². The summed E-state index contributed by atoms with van der Waals surface area (Å²) in [5, 5.41) is 2.63. The Hall–Kier alpha value is -2.59. The van der Waals surface area contributed by atoms with Gasteiger partial charge in [-0.2, -0.15) is 0 Å². The predicted octanol–water partition coefficient (Wildman–Crippen LogP) is 1.01. The van der Waals surface area contributed by atoms with Crippen LogP contribution in [-0.2, 0) is 60.9 Å². The molecule has 0 aromatic carbocycles. The first kappa shape index (κ1) is 34.4. The molecule has 0 saturated carbocycles. The molecular formula is C24H41NO13Si. The molecule has 0 aromatic rings. The van der Waals surface area contributed by atoms with Gasteiger partial charge in [0, 0.05) is 60.0 Å². The molecule has 0 spiro atoms. The summed E-state index contributed by atoms with van der Waals surface area (Å²) in [6, 6.07) is 0.383. The van der Waals surface area contributed by atoms with Crippen LogP contribution in [0.4, 0.5) is 0 Å². The third-order valence-electron chi connectivity index (χ3n) is 5.27. The largest absolute Gasteiger partial charge is 0.500 e. The Kier molecular flexibility index (Phi) is 15.2. The van der Waals surface area contributed by atoms with Crippen LogP contribution < -0.4 is 5.32 Å². The number of nitrogens with one attached hydrogen (secondary N) is 1. The lowest BCUT2D eigenvalue weighted by Crippen LogP contribution is -2.66. The minimum atomic E-state index is -2.97. The second kappa shape index (κ2) is 17.2. The monoisotopic (exact) mass is 579 g/mol. The van der Waals surface area contributed by atoms with Crippen molar-refractivity contribution >= 4 is 38.6 Å². The number of amides is 1. The Morgan fingerprint density at radius 2 is 1.21 bits per heavy atom. The van der Waals surface area contributed by atoms with Crippen molar-refractivity contribution in [1.82, 2.24) is 5.32 Å². The van der Waals surface area contributed by atoms with Gasteiger partial charge in [-0.3, -0.25) is 24.0 Å². The number of ether oxygens (including phenoxy) is 5. The molecule has 1 rings (SSSR count). The first-order chi connectivity index (χ1) is 18.4. The highest BCUT2D eigenvalue weighted by atomic mass is 28.4. The fourth-order valence-electron chi connectivity index (χ4n) is 4.04. The molecule has 0 aromatic heterocycles. The molecule has 1 N–H and O–H groups in total. The maximum atomic E-state index is 12.9. The summed E-state index contributed by atoms with van der Waals surface area (Å²) >= 11 is 0. The Morgan fingerprint density at radius 1 is 0.718 bits per heavy atom.